The summed E-state index contributed by atoms with van der Waals surface area (Å²) >= 11 is 0. The summed E-state index contributed by atoms with van der Waals surface area (Å²) in [5, 5.41) is 17.3. The topological polar surface area (TPSA) is 40.5 Å². The average molecular weight is 345 g/mol. The van der Waals surface area contributed by atoms with Gasteiger partial charge in [0.25, 0.3) is 0 Å². The first-order valence-corrected chi connectivity index (χ1v) is 10.3. The highest BCUT2D eigenvalue weighted by Crippen LogP contribution is 2.33. The summed E-state index contributed by atoms with van der Waals surface area (Å²) in [5.41, 5.74) is 0.949. The molecule has 0 aromatic rings. The molecular formula is C22H48O2. The van der Waals surface area contributed by atoms with Gasteiger partial charge in [-0.25, -0.2) is 0 Å². The zero-order valence-electron chi connectivity index (χ0n) is 18.1. The van der Waals surface area contributed by atoms with E-state index in [0.717, 1.165) is 24.7 Å². The molecule has 0 aliphatic carbocycles. The quantitative estimate of drug-likeness (QED) is 0.400. The number of hydrogen-bond donors (Lipinski definition) is 2. The third kappa shape index (κ3) is 14.3. The molecular weight excluding hydrogens is 296 g/mol. The molecule has 2 N–H and O–H groups in total. The Morgan fingerprint density at radius 1 is 0.750 bits per heavy atom. The standard InChI is InChI=1S/2C11H24O/c1-5-11(3,4)9-10(2)7-6-8-12;1-5-11(3,4)10(2)8-6-7-9-12/h2*10,12H,5-9H2,1-4H3. The lowest BCUT2D eigenvalue weighted by Gasteiger charge is -2.30. The molecule has 0 aliphatic rings. The molecule has 0 saturated carbocycles. The molecule has 2 atom stereocenters. The van der Waals surface area contributed by atoms with Crippen LogP contribution in [0.1, 0.15) is 107 Å². The van der Waals surface area contributed by atoms with Crippen LogP contribution in [-0.4, -0.2) is 23.4 Å². The predicted molar refractivity (Wildman–Crippen MR) is 108 cm³/mol. The maximum Gasteiger partial charge on any atom is 0.0431 e. The highest BCUT2D eigenvalue weighted by molar-refractivity contribution is 4.73. The normalized spacial score (nSPS) is 14.8. The van der Waals surface area contributed by atoms with E-state index in [1.54, 1.807) is 0 Å². The summed E-state index contributed by atoms with van der Waals surface area (Å²) in [6.45, 7) is 19.1. The van der Waals surface area contributed by atoms with E-state index >= 15 is 0 Å². The lowest BCUT2D eigenvalue weighted by atomic mass is 9.75. The molecule has 24 heavy (non-hydrogen) atoms. The van der Waals surface area contributed by atoms with Crippen molar-refractivity contribution in [2.75, 3.05) is 13.2 Å². The van der Waals surface area contributed by atoms with Crippen LogP contribution in [-0.2, 0) is 0 Å². The Labute approximate surface area is 153 Å². The molecule has 0 rings (SSSR count). The van der Waals surface area contributed by atoms with Gasteiger partial charge in [-0.05, 0) is 48.3 Å². The number of aliphatic hydroxyl groups excluding tert-OH is 2. The minimum atomic E-state index is 0.344. The lowest BCUT2D eigenvalue weighted by molar-refractivity contribution is 0.197. The summed E-state index contributed by atoms with van der Waals surface area (Å²) in [5.74, 6) is 1.53. The Morgan fingerprint density at radius 3 is 1.71 bits per heavy atom. The first-order valence-electron chi connectivity index (χ1n) is 10.3. The van der Waals surface area contributed by atoms with Gasteiger partial charge in [-0.2, -0.15) is 0 Å². The van der Waals surface area contributed by atoms with Gasteiger partial charge in [0, 0.05) is 13.2 Å². The van der Waals surface area contributed by atoms with E-state index in [1.165, 1.54) is 38.5 Å². The number of hydrogen-bond acceptors (Lipinski definition) is 2. The smallest absolute Gasteiger partial charge is 0.0431 e. The van der Waals surface area contributed by atoms with Crippen molar-refractivity contribution >= 4 is 0 Å². The molecule has 148 valence electrons. The predicted octanol–water partition coefficient (Wildman–Crippen LogP) is 6.44. The van der Waals surface area contributed by atoms with Crippen LogP contribution in [0.25, 0.3) is 0 Å². The van der Waals surface area contributed by atoms with Gasteiger partial charge in [-0.15, -0.1) is 0 Å². The fourth-order valence-corrected chi connectivity index (χ4v) is 2.93. The minimum Gasteiger partial charge on any atom is -0.396 e. The molecule has 2 unspecified atom stereocenters. The second-order valence-corrected chi connectivity index (χ2v) is 9.16. The molecule has 0 aliphatic heterocycles. The Kier molecular flexibility index (Phi) is 15.4. The zero-order valence-corrected chi connectivity index (χ0v) is 18.1. The molecule has 0 amide bonds. The van der Waals surface area contributed by atoms with Crippen molar-refractivity contribution in [1.29, 1.82) is 0 Å². The number of aliphatic hydroxyl groups is 2. The second-order valence-electron chi connectivity index (χ2n) is 9.16. The molecule has 0 bridgehead atoms. The summed E-state index contributed by atoms with van der Waals surface area (Å²) < 4.78 is 0. The molecule has 0 spiro atoms. The maximum atomic E-state index is 8.67. The summed E-state index contributed by atoms with van der Waals surface area (Å²) in [6.07, 6.45) is 9.28. The Hall–Kier alpha value is -0.0800. The van der Waals surface area contributed by atoms with Crippen molar-refractivity contribution < 1.29 is 10.2 Å². The van der Waals surface area contributed by atoms with E-state index in [0.29, 0.717) is 24.0 Å². The van der Waals surface area contributed by atoms with Crippen LogP contribution >= 0.6 is 0 Å². The molecule has 0 aromatic carbocycles. The summed E-state index contributed by atoms with van der Waals surface area (Å²) in [7, 11) is 0. The van der Waals surface area contributed by atoms with Gasteiger partial charge < -0.3 is 10.2 Å². The van der Waals surface area contributed by atoms with Gasteiger partial charge in [0.1, 0.15) is 0 Å². The van der Waals surface area contributed by atoms with Crippen LogP contribution < -0.4 is 0 Å². The van der Waals surface area contributed by atoms with Crippen LogP contribution in [0.3, 0.4) is 0 Å². The second kappa shape index (κ2) is 14.1. The number of unbranched alkanes of at least 4 members (excludes halogenated alkanes) is 1. The van der Waals surface area contributed by atoms with E-state index in [2.05, 4.69) is 55.4 Å². The summed E-state index contributed by atoms with van der Waals surface area (Å²) in [4.78, 5) is 0. The monoisotopic (exact) mass is 344 g/mol. The van der Waals surface area contributed by atoms with Crippen LogP contribution in [0.15, 0.2) is 0 Å². The van der Waals surface area contributed by atoms with Gasteiger partial charge in [-0.1, -0.05) is 81.1 Å². The molecule has 2 nitrogen and oxygen atoms in total. The van der Waals surface area contributed by atoms with E-state index in [1.807, 2.05) is 0 Å². The third-order valence-electron chi connectivity index (χ3n) is 6.00. The van der Waals surface area contributed by atoms with Crippen LogP contribution in [0.5, 0.6) is 0 Å². The van der Waals surface area contributed by atoms with Gasteiger partial charge >= 0.3 is 0 Å². The van der Waals surface area contributed by atoms with E-state index in [4.69, 9.17) is 10.2 Å². The first kappa shape index (κ1) is 26.2. The average Bonchev–Trinajstić information content (AvgIpc) is 2.53. The number of rotatable bonds is 12. The van der Waals surface area contributed by atoms with Crippen molar-refractivity contribution in [3.05, 3.63) is 0 Å². The fraction of sp³-hybridized carbons (Fsp3) is 1.00. The van der Waals surface area contributed by atoms with Crippen molar-refractivity contribution in [1.82, 2.24) is 0 Å². The van der Waals surface area contributed by atoms with Crippen LogP contribution in [0.2, 0.25) is 0 Å². The van der Waals surface area contributed by atoms with E-state index in [-0.39, 0.29) is 0 Å². The zero-order chi connectivity index (χ0) is 19.2. The highest BCUT2D eigenvalue weighted by Gasteiger charge is 2.22. The fourth-order valence-electron chi connectivity index (χ4n) is 2.93. The van der Waals surface area contributed by atoms with E-state index < -0.39 is 0 Å². The molecule has 0 heterocycles. The summed E-state index contributed by atoms with van der Waals surface area (Å²) in [6, 6.07) is 0. The van der Waals surface area contributed by atoms with Gasteiger partial charge in [0.15, 0.2) is 0 Å². The molecule has 0 fully saturated rings. The first-order chi connectivity index (χ1) is 11.1. The third-order valence-corrected chi connectivity index (χ3v) is 6.00. The van der Waals surface area contributed by atoms with Crippen LogP contribution in [0, 0.1) is 22.7 Å². The maximum absolute atomic E-state index is 8.67. The SMILES string of the molecule is CCC(C)(C)C(C)CCCCO.CCC(C)(C)CC(C)CCCO. The Morgan fingerprint density at radius 2 is 1.29 bits per heavy atom. The van der Waals surface area contributed by atoms with Crippen molar-refractivity contribution in [3.8, 4) is 0 Å². The van der Waals surface area contributed by atoms with Crippen molar-refractivity contribution in [2.24, 2.45) is 22.7 Å². The van der Waals surface area contributed by atoms with Gasteiger partial charge in [0.05, 0.1) is 0 Å². The Bertz CT molecular complexity index is 271. The van der Waals surface area contributed by atoms with Gasteiger partial charge in [-0.3, -0.25) is 0 Å². The molecule has 2 heteroatoms. The van der Waals surface area contributed by atoms with Crippen molar-refractivity contribution in [3.63, 3.8) is 0 Å². The van der Waals surface area contributed by atoms with E-state index in [9.17, 15) is 0 Å². The van der Waals surface area contributed by atoms with Crippen LogP contribution in [0.4, 0.5) is 0 Å². The molecule has 0 saturated heterocycles. The van der Waals surface area contributed by atoms with Crippen molar-refractivity contribution in [2.45, 2.75) is 107 Å². The Balaban J connectivity index is 0. The largest absolute Gasteiger partial charge is 0.396 e. The molecule has 0 aromatic heterocycles. The van der Waals surface area contributed by atoms with Gasteiger partial charge in [0.2, 0.25) is 0 Å². The molecule has 0 radical (unpaired) electrons. The lowest BCUT2D eigenvalue weighted by Crippen LogP contribution is -2.20. The highest BCUT2D eigenvalue weighted by atomic mass is 16.3. The minimum absolute atomic E-state index is 0.344.